The van der Waals surface area contributed by atoms with Crippen LogP contribution in [-0.4, -0.2) is 120 Å². The van der Waals surface area contributed by atoms with Crippen molar-refractivity contribution in [1.82, 2.24) is 0 Å². The lowest BCUT2D eigenvalue weighted by Crippen LogP contribution is -2.61. The molecule has 11 unspecified atom stereocenters. The Labute approximate surface area is 256 Å². The van der Waals surface area contributed by atoms with Gasteiger partial charge in [0.15, 0.2) is 29.3 Å². The minimum absolute atomic E-state index is 0.0147. The monoisotopic (exact) mass is 634 g/mol. The van der Waals surface area contributed by atoms with Gasteiger partial charge in [0.2, 0.25) is 6.29 Å². The van der Waals surface area contributed by atoms with Crippen LogP contribution in [0.15, 0.2) is 70.6 Å². The summed E-state index contributed by atoms with van der Waals surface area (Å²) in [5.74, 6) is -0.403. The first-order valence-corrected chi connectivity index (χ1v) is 14.2. The first-order chi connectivity index (χ1) is 21.3. The Bertz CT molecular complexity index is 1490. The fraction of sp³-hybridized carbons (Fsp3) is 0.467. The molecule has 11 atom stereocenters. The number of ether oxygens (including phenoxy) is 6. The number of allylic oxidation sites excluding steroid dienone is 3. The van der Waals surface area contributed by atoms with Crippen LogP contribution in [0.5, 0.6) is 11.5 Å². The van der Waals surface area contributed by atoms with Gasteiger partial charge < -0.3 is 74.4 Å². The molecule has 9 N–H and O–H groups in total. The van der Waals surface area contributed by atoms with Gasteiger partial charge in [-0.25, -0.2) is 0 Å². The maximum absolute atomic E-state index is 10.9. The summed E-state index contributed by atoms with van der Waals surface area (Å²) in [5, 5.41) is 93.1. The van der Waals surface area contributed by atoms with Crippen molar-refractivity contribution in [2.75, 3.05) is 6.61 Å². The average molecular weight is 635 g/mol. The number of rotatable bonds is 6. The zero-order chi connectivity index (χ0) is 32.3. The Kier molecular flexibility index (Phi) is 8.32. The summed E-state index contributed by atoms with van der Waals surface area (Å²) in [7, 11) is 0. The highest BCUT2D eigenvalue weighted by Crippen LogP contribution is 2.46. The molecule has 0 amide bonds. The number of hydrogen-bond acceptors (Lipinski definition) is 15. The summed E-state index contributed by atoms with van der Waals surface area (Å²) >= 11 is 0. The summed E-state index contributed by atoms with van der Waals surface area (Å²) in [4.78, 5) is 0. The van der Waals surface area contributed by atoms with E-state index in [4.69, 9.17) is 28.4 Å². The fourth-order valence-corrected chi connectivity index (χ4v) is 5.66. The molecule has 15 nitrogen and oxygen atoms in total. The van der Waals surface area contributed by atoms with E-state index in [-0.39, 0.29) is 28.6 Å². The predicted molar refractivity (Wildman–Crippen MR) is 148 cm³/mol. The van der Waals surface area contributed by atoms with Crippen LogP contribution in [0.2, 0.25) is 0 Å². The van der Waals surface area contributed by atoms with Crippen molar-refractivity contribution in [3.05, 3.63) is 76.2 Å². The van der Waals surface area contributed by atoms with Crippen LogP contribution in [0, 0.1) is 0 Å². The second kappa shape index (κ2) is 11.9. The number of phenols is 2. The predicted octanol–water partition coefficient (Wildman–Crippen LogP) is -0.597. The summed E-state index contributed by atoms with van der Waals surface area (Å²) in [6.07, 6.45) is -11.5. The Morgan fingerprint density at radius 3 is 2.24 bits per heavy atom. The third kappa shape index (κ3) is 5.67. The van der Waals surface area contributed by atoms with Crippen molar-refractivity contribution in [2.45, 2.75) is 81.4 Å². The molecule has 6 rings (SSSR count). The number of phenolic OH excluding ortho intramolecular Hbond substituents is 2. The van der Waals surface area contributed by atoms with E-state index in [9.17, 15) is 46.0 Å². The Morgan fingerprint density at radius 2 is 1.51 bits per heavy atom. The molecule has 45 heavy (non-hydrogen) atoms. The van der Waals surface area contributed by atoms with Crippen molar-refractivity contribution >= 4 is 5.76 Å². The van der Waals surface area contributed by atoms with E-state index >= 15 is 0 Å². The lowest BCUT2D eigenvalue weighted by Gasteiger charge is -2.43. The van der Waals surface area contributed by atoms with Gasteiger partial charge in [-0.2, -0.15) is 0 Å². The third-order valence-corrected chi connectivity index (χ3v) is 8.14. The van der Waals surface area contributed by atoms with Crippen molar-refractivity contribution in [3.8, 4) is 11.5 Å². The lowest BCUT2D eigenvalue weighted by atomic mass is 9.89. The van der Waals surface area contributed by atoms with Gasteiger partial charge in [0, 0.05) is 23.3 Å². The molecule has 1 aromatic rings. The molecule has 0 spiro atoms. The van der Waals surface area contributed by atoms with Crippen LogP contribution < -0.4 is 0 Å². The SMILES string of the molecule is CC1=CC2=C3C(=CC(O)=CC3O1)OC(c1ccc(O)c(O)c1)=C2OC1OC(COC2OC(C)C(O)C(O)C2O)C(O)C(O)C1O. The normalized spacial score (nSPS) is 38.0. The number of benzene rings is 1. The van der Waals surface area contributed by atoms with Gasteiger partial charge in [-0.3, -0.25) is 0 Å². The first kappa shape index (κ1) is 31.3. The quantitative estimate of drug-likeness (QED) is 0.178. The molecule has 2 saturated heterocycles. The van der Waals surface area contributed by atoms with Crippen LogP contribution in [-0.2, 0) is 28.4 Å². The molecule has 1 aromatic carbocycles. The third-order valence-electron chi connectivity index (χ3n) is 8.14. The molecule has 244 valence electrons. The number of aromatic hydroxyl groups is 2. The first-order valence-electron chi connectivity index (χ1n) is 14.2. The van der Waals surface area contributed by atoms with Crippen molar-refractivity contribution in [2.24, 2.45) is 0 Å². The summed E-state index contributed by atoms with van der Waals surface area (Å²) in [6, 6.07) is 3.86. The maximum Gasteiger partial charge on any atom is 0.229 e. The standard InChI is InChI=1S/C30H34O15/c1-10-5-14-20-17(41-10)7-13(31)8-18(20)43-27(12-3-4-15(32)16(33)6-12)28(14)45-30-26(39)24(37)22(35)19(44-30)9-40-29-25(38)23(36)21(34)11(2)42-29/h3-8,11,17,19,21-26,29-39H,9H2,1-2H3. The highest BCUT2D eigenvalue weighted by Gasteiger charge is 2.49. The highest BCUT2D eigenvalue weighted by molar-refractivity contribution is 5.75. The van der Waals surface area contributed by atoms with Gasteiger partial charge in [0.05, 0.1) is 24.0 Å². The van der Waals surface area contributed by atoms with Crippen molar-refractivity contribution in [3.63, 3.8) is 0 Å². The second-order valence-corrected chi connectivity index (χ2v) is 11.3. The molecule has 0 aromatic heterocycles. The lowest BCUT2D eigenvalue weighted by molar-refractivity contribution is -0.323. The zero-order valence-corrected chi connectivity index (χ0v) is 24.0. The molecule has 5 aliphatic rings. The largest absolute Gasteiger partial charge is 0.508 e. The summed E-state index contributed by atoms with van der Waals surface area (Å²) in [5.41, 5.74) is 1.08. The number of aliphatic hydroxyl groups excluding tert-OH is 7. The molecule has 0 radical (unpaired) electrons. The van der Waals surface area contributed by atoms with Gasteiger partial charge in [-0.1, -0.05) is 0 Å². The second-order valence-electron chi connectivity index (χ2n) is 11.3. The van der Waals surface area contributed by atoms with Crippen molar-refractivity contribution < 1.29 is 74.4 Å². The minimum Gasteiger partial charge on any atom is -0.508 e. The van der Waals surface area contributed by atoms with Crippen LogP contribution in [0.3, 0.4) is 0 Å². The van der Waals surface area contributed by atoms with Crippen LogP contribution >= 0.6 is 0 Å². The molecule has 4 heterocycles. The minimum atomic E-state index is -1.80. The Morgan fingerprint density at radius 1 is 0.800 bits per heavy atom. The van der Waals surface area contributed by atoms with Gasteiger partial charge in [0.1, 0.15) is 60.4 Å². The van der Waals surface area contributed by atoms with E-state index in [1.807, 2.05) is 0 Å². The Balaban J connectivity index is 1.33. The van der Waals surface area contributed by atoms with Gasteiger partial charge in [-0.05, 0) is 38.1 Å². The molecular formula is C30H34O15. The van der Waals surface area contributed by atoms with Crippen LogP contribution in [0.4, 0.5) is 0 Å². The summed E-state index contributed by atoms with van der Waals surface area (Å²) in [6.45, 7) is 2.63. The van der Waals surface area contributed by atoms with E-state index in [1.165, 1.54) is 37.3 Å². The van der Waals surface area contributed by atoms with E-state index < -0.39 is 85.6 Å². The van der Waals surface area contributed by atoms with Crippen molar-refractivity contribution in [1.29, 1.82) is 0 Å². The molecule has 0 saturated carbocycles. The van der Waals surface area contributed by atoms with Crippen LogP contribution in [0.25, 0.3) is 5.76 Å². The maximum atomic E-state index is 10.9. The summed E-state index contributed by atoms with van der Waals surface area (Å²) < 4.78 is 35.0. The van der Waals surface area contributed by atoms with Crippen LogP contribution in [0.1, 0.15) is 19.4 Å². The average Bonchev–Trinajstić information content (AvgIpc) is 2.99. The molecule has 2 fully saturated rings. The molecule has 15 heteroatoms. The topological polar surface area (TPSA) is 237 Å². The van der Waals surface area contributed by atoms with Gasteiger partial charge in [0.25, 0.3) is 0 Å². The number of aliphatic hydroxyl groups is 7. The van der Waals surface area contributed by atoms with E-state index in [1.54, 1.807) is 13.0 Å². The Hall–Kier alpha value is -3.64. The molecule has 4 aliphatic heterocycles. The van der Waals surface area contributed by atoms with Gasteiger partial charge in [-0.15, -0.1) is 0 Å². The van der Waals surface area contributed by atoms with E-state index in [0.717, 1.165) is 0 Å². The van der Waals surface area contributed by atoms with E-state index in [0.29, 0.717) is 16.9 Å². The highest BCUT2D eigenvalue weighted by atomic mass is 16.7. The smallest absolute Gasteiger partial charge is 0.229 e. The zero-order valence-electron chi connectivity index (χ0n) is 24.0. The number of hydrogen-bond donors (Lipinski definition) is 9. The molecule has 0 bridgehead atoms. The fourth-order valence-electron chi connectivity index (χ4n) is 5.66. The molecular weight excluding hydrogens is 600 g/mol. The van der Waals surface area contributed by atoms with E-state index in [2.05, 4.69) is 0 Å². The molecule has 1 aliphatic carbocycles. The van der Waals surface area contributed by atoms with Gasteiger partial charge >= 0.3 is 0 Å².